The van der Waals surface area contributed by atoms with Gasteiger partial charge in [0.1, 0.15) is 17.7 Å². The van der Waals surface area contributed by atoms with Gasteiger partial charge in [0.2, 0.25) is 0 Å². The minimum atomic E-state index is 0.224. The van der Waals surface area contributed by atoms with E-state index in [2.05, 4.69) is 9.88 Å². The lowest BCUT2D eigenvalue weighted by atomic mass is 10.1. The Bertz CT molecular complexity index is 571. The van der Waals surface area contributed by atoms with Gasteiger partial charge in [0.05, 0.1) is 5.02 Å². The van der Waals surface area contributed by atoms with Crippen LogP contribution in [0.15, 0.2) is 42.6 Å². The summed E-state index contributed by atoms with van der Waals surface area (Å²) in [5.74, 6) is 1.40. The van der Waals surface area contributed by atoms with Crippen LogP contribution in [0.3, 0.4) is 0 Å². The van der Waals surface area contributed by atoms with Gasteiger partial charge in [0, 0.05) is 31.4 Å². The van der Waals surface area contributed by atoms with Crippen molar-refractivity contribution in [3.8, 4) is 5.75 Å². The maximum Gasteiger partial charge on any atom is 0.138 e. The summed E-state index contributed by atoms with van der Waals surface area (Å²) in [6, 6.07) is 11.6. The molecular weight excluding hydrogens is 298 g/mol. The topological polar surface area (TPSA) is 51.4 Å². The predicted octanol–water partition coefficient (Wildman–Crippen LogP) is 3.36. The van der Waals surface area contributed by atoms with Crippen LogP contribution in [0.5, 0.6) is 5.75 Å². The van der Waals surface area contributed by atoms with Crippen LogP contribution < -0.4 is 10.5 Å². The first-order chi connectivity index (χ1) is 10.7. The second-order valence-corrected chi connectivity index (χ2v) is 5.98. The van der Waals surface area contributed by atoms with Gasteiger partial charge in [-0.15, -0.1) is 0 Å². The molecule has 1 fully saturated rings. The molecule has 0 saturated carbocycles. The molecule has 0 spiro atoms. The minimum absolute atomic E-state index is 0.224. The van der Waals surface area contributed by atoms with Gasteiger partial charge in [-0.3, -0.25) is 4.90 Å². The molecule has 2 aromatic rings. The van der Waals surface area contributed by atoms with Crippen LogP contribution in [-0.4, -0.2) is 29.1 Å². The molecule has 116 valence electrons. The van der Waals surface area contributed by atoms with Gasteiger partial charge in [-0.25, -0.2) is 4.98 Å². The first-order valence-electron chi connectivity index (χ1n) is 7.55. The van der Waals surface area contributed by atoms with Crippen LogP contribution in [0.1, 0.15) is 18.4 Å². The molecule has 22 heavy (non-hydrogen) atoms. The molecular formula is C17H20ClN3O. The largest absolute Gasteiger partial charge is 0.489 e. The summed E-state index contributed by atoms with van der Waals surface area (Å²) in [5, 5.41) is 0.674. The number of likely N-dealkylation sites (tertiary alicyclic amines) is 1. The van der Waals surface area contributed by atoms with E-state index in [1.165, 1.54) is 0 Å². The van der Waals surface area contributed by atoms with E-state index in [-0.39, 0.29) is 6.10 Å². The number of nitrogens with zero attached hydrogens (tertiary/aromatic N) is 2. The van der Waals surface area contributed by atoms with Crippen LogP contribution >= 0.6 is 11.6 Å². The molecule has 2 N–H and O–H groups in total. The molecule has 3 rings (SSSR count). The average molecular weight is 318 g/mol. The van der Waals surface area contributed by atoms with E-state index in [4.69, 9.17) is 22.1 Å². The molecule has 1 saturated heterocycles. The Morgan fingerprint density at radius 2 is 1.95 bits per heavy atom. The van der Waals surface area contributed by atoms with Gasteiger partial charge in [-0.1, -0.05) is 29.8 Å². The maximum atomic E-state index is 6.14. The smallest absolute Gasteiger partial charge is 0.138 e. The summed E-state index contributed by atoms with van der Waals surface area (Å²) >= 11 is 6.14. The van der Waals surface area contributed by atoms with E-state index >= 15 is 0 Å². The number of hydrogen-bond donors (Lipinski definition) is 1. The summed E-state index contributed by atoms with van der Waals surface area (Å²) in [4.78, 5) is 6.53. The predicted molar refractivity (Wildman–Crippen MR) is 89.0 cm³/mol. The van der Waals surface area contributed by atoms with Crippen molar-refractivity contribution in [1.82, 2.24) is 9.88 Å². The van der Waals surface area contributed by atoms with Crippen molar-refractivity contribution in [3.63, 3.8) is 0 Å². The molecule has 5 heteroatoms. The second-order valence-electron chi connectivity index (χ2n) is 5.57. The molecule has 1 aliphatic rings. The summed E-state index contributed by atoms with van der Waals surface area (Å²) < 4.78 is 6.01. The van der Waals surface area contributed by atoms with Gasteiger partial charge in [0.25, 0.3) is 0 Å². The minimum Gasteiger partial charge on any atom is -0.489 e. The number of halogens is 1. The number of nitrogens with two attached hydrogens (primary N) is 1. The molecule has 0 atom stereocenters. The number of ether oxygens (including phenoxy) is 1. The number of pyridine rings is 1. The van der Waals surface area contributed by atoms with Crippen molar-refractivity contribution in [1.29, 1.82) is 0 Å². The molecule has 0 unspecified atom stereocenters. The normalized spacial score (nSPS) is 16.6. The van der Waals surface area contributed by atoms with E-state index in [0.717, 1.165) is 43.8 Å². The number of nitrogen functional groups attached to an aromatic ring is 1. The van der Waals surface area contributed by atoms with Crippen LogP contribution in [-0.2, 0) is 6.54 Å². The van der Waals surface area contributed by atoms with E-state index in [1.54, 1.807) is 6.20 Å². The Morgan fingerprint density at radius 3 is 2.68 bits per heavy atom. The lowest BCUT2D eigenvalue weighted by Gasteiger charge is -2.32. The van der Waals surface area contributed by atoms with Gasteiger partial charge >= 0.3 is 0 Å². The Balaban J connectivity index is 1.52. The highest BCUT2D eigenvalue weighted by Gasteiger charge is 2.21. The Hall–Kier alpha value is -1.78. The highest BCUT2D eigenvalue weighted by atomic mass is 35.5. The summed E-state index contributed by atoms with van der Waals surface area (Å²) in [6.07, 6.45) is 3.93. The molecule has 0 aliphatic carbocycles. The molecule has 1 aromatic carbocycles. The molecule has 4 nitrogen and oxygen atoms in total. The van der Waals surface area contributed by atoms with Gasteiger partial charge in [0.15, 0.2) is 0 Å². The van der Waals surface area contributed by atoms with Crippen molar-refractivity contribution in [2.75, 3.05) is 18.8 Å². The first kappa shape index (κ1) is 15.1. The SMILES string of the molecule is Nc1ncccc1CN1CCC(Oc2ccccc2Cl)CC1. The Morgan fingerprint density at radius 1 is 1.18 bits per heavy atom. The number of aromatic nitrogens is 1. The number of benzene rings is 1. The maximum absolute atomic E-state index is 6.14. The third-order valence-electron chi connectivity index (χ3n) is 3.98. The molecule has 0 radical (unpaired) electrons. The van der Waals surface area contributed by atoms with Crippen molar-refractivity contribution >= 4 is 17.4 Å². The summed E-state index contributed by atoms with van der Waals surface area (Å²) in [6.45, 7) is 2.82. The number of para-hydroxylation sites is 1. The summed E-state index contributed by atoms with van der Waals surface area (Å²) in [7, 11) is 0. The third kappa shape index (κ3) is 3.70. The van der Waals surface area contributed by atoms with Crippen molar-refractivity contribution in [2.45, 2.75) is 25.5 Å². The zero-order valence-electron chi connectivity index (χ0n) is 12.4. The van der Waals surface area contributed by atoms with Crippen LogP contribution in [0, 0.1) is 0 Å². The summed E-state index contributed by atoms with van der Waals surface area (Å²) in [5.41, 5.74) is 7.00. The fourth-order valence-electron chi connectivity index (χ4n) is 2.73. The Kier molecular flexibility index (Phi) is 4.80. The fraction of sp³-hybridized carbons (Fsp3) is 0.353. The molecule has 1 aromatic heterocycles. The first-order valence-corrected chi connectivity index (χ1v) is 7.93. The fourth-order valence-corrected chi connectivity index (χ4v) is 2.91. The Labute approximate surface area is 135 Å². The number of hydrogen-bond acceptors (Lipinski definition) is 4. The lowest BCUT2D eigenvalue weighted by molar-refractivity contribution is 0.0969. The van der Waals surface area contributed by atoms with Gasteiger partial charge in [-0.2, -0.15) is 0 Å². The molecule has 0 bridgehead atoms. The van der Waals surface area contributed by atoms with Crippen LogP contribution in [0.4, 0.5) is 5.82 Å². The van der Waals surface area contributed by atoms with E-state index in [0.29, 0.717) is 10.8 Å². The zero-order valence-corrected chi connectivity index (χ0v) is 13.2. The highest BCUT2D eigenvalue weighted by molar-refractivity contribution is 6.32. The molecule has 1 aliphatic heterocycles. The average Bonchev–Trinajstić information content (AvgIpc) is 2.54. The zero-order chi connectivity index (χ0) is 15.4. The van der Waals surface area contributed by atoms with Gasteiger partial charge in [-0.05, 0) is 31.0 Å². The number of anilines is 1. The number of piperidine rings is 1. The van der Waals surface area contributed by atoms with E-state index < -0.39 is 0 Å². The van der Waals surface area contributed by atoms with E-state index in [9.17, 15) is 0 Å². The van der Waals surface area contributed by atoms with Crippen molar-refractivity contribution in [3.05, 3.63) is 53.2 Å². The van der Waals surface area contributed by atoms with Crippen molar-refractivity contribution < 1.29 is 4.74 Å². The van der Waals surface area contributed by atoms with Crippen molar-refractivity contribution in [2.24, 2.45) is 0 Å². The second kappa shape index (κ2) is 6.99. The van der Waals surface area contributed by atoms with Crippen LogP contribution in [0.25, 0.3) is 0 Å². The van der Waals surface area contributed by atoms with Crippen LogP contribution in [0.2, 0.25) is 5.02 Å². The highest BCUT2D eigenvalue weighted by Crippen LogP contribution is 2.27. The molecule has 2 heterocycles. The third-order valence-corrected chi connectivity index (χ3v) is 4.30. The number of rotatable bonds is 4. The lowest BCUT2D eigenvalue weighted by Crippen LogP contribution is -2.38. The quantitative estimate of drug-likeness (QED) is 0.939. The van der Waals surface area contributed by atoms with E-state index in [1.807, 2.05) is 36.4 Å². The monoisotopic (exact) mass is 317 g/mol. The molecule has 0 amide bonds. The van der Waals surface area contributed by atoms with Gasteiger partial charge < -0.3 is 10.5 Å². The standard InChI is InChI=1S/C17H20ClN3O/c18-15-5-1-2-6-16(15)22-14-7-10-21(11-8-14)12-13-4-3-9-20-17(13)19/h1-6,9,14H,7-8,10-12H2,(H2,19,20).